The van der Waals surface area contributed by atoms with Crippen LogP contribution in [0.5, 0.6) is 0 Å². The molecule has 6 N–H and O–H groups in total. The lowest BCUT2D eigenvalue weighted by atomic mass is 10.1. The number of carboxylic acids is 1. The molecule has 2 heterocycles. The van der Waals surface area contributed by atoms with E-state index in [1.807, 2.05) is 6.26 Å². The molecule has 0 aliphatic heterocycles. The Morgan fingerprint density at radius 2 is 2.15 bits per heavy atom. The molecule has 3 rings (SSSR count). The summed E-state index contributed by atoms with van der Waals surface area (Å²) in [6, 6.07) is -1.53. The van der Waals surface area contributed by atoms with Crippen molar-refractivity contribution >= 4 is 33.8 Å². The van der Waals surface area contributed by atoms with Gasteiger partial charge in [-0.1, -0.05) is 6.08 Å². The molecular formula is C16H22N6O4S. The smallest absolute Gasteiger partial charge is 0.166 e. The summed E-state index contributed by atoms with van der Waals surface area (Å²) >= 11 is 0. The third-order valence-corrected chi connectivity index (χ3v) is 6.40. The molecule has 0 bridgehead atoms. The number of imidazole rings is 1. The van der Waals surface area contributed by atoms with E-state index in [4.69, 9.17) is 11.5 Å². The number of carbonyl (C=O) groups is 1. The zero-order valence-electron chi connectivity index (χ0n) is 14.7. The number of hydrogen-bond donors (Lipinski definition) is 4. The number of aliphatic carboxylic acids is 1. The highest BCUT2D eigenvalue weighted by Gasteiger charge is 2.38. The Bertz CT molecular complexity index is 872. The predicted octanol–water partition coefficient (Wildman–Crippen LogP) is -2.67. The predicted molar refractivity (Wildman–Crippen MR) is 99.5 cm³/mol. The first-order valence-corrected chi connectivity index (χ1v) is 10.3. The highest BCUT2D eigenvalue weighted by molar-refractivity contribution is 7.96. The van der Waals surface area contributed by atoms with Gasteiger partial charge in [0.25, 0.3) is 0 Å². The molecule has 0 radical (unpaired) electrons. The van der Waals surface area contributed by atoms with Crippen molar-refractivity contribution in [2.24, 2.45) is 5.73 Å². The fraction of sp³-hybridized carbons (Fsp3) is 0.500. The fourth-order valence-corrected chi connectivity index (χ4v) is 4.73. The van der Waals surface area contributed by atoms with Gasteiger partial charge in [0.05, 0.1) is 24.6 Å². The van der Waals surface area contributed by atoms with Crippen LogP contribution in [0.2, 0.25) is 0 Å². The molecule has 0 fully saturated rings. The molecule has 27 heavy (non-hydrogen) atoms. The van der Waals surface area contributed by atoms with E-state index in [9.17, 15) is 20.1 Å². The Morgan fingerprint density at radius 3 is 2.85 bits per heavy atom. The maximum atomic E-state index is 10.7. The number of aliphatic hydroxyl groups is 2. The van der Waals surface area contributed by atoms with E-state index in [1.54, 1.807) is 10.6 Å². The molecular weight excluding hydrogens is 372 g/mol. The van der Waals surface area contributed by atoms with Crippen LogP contribution in [0.25, 0.3) is 11.2 Å². The summed E-state index contributed by atoms with van der Waals surface area (Å²) in [5.41, 5.74) is 12.9. The van der Waals surface area contributed by atoms with Gasteiger partial charge in [-0.25, -0.2) is 15.0 Å². The van der Waals surface area contributed by atoms with Gasteiger partial charge < -0.3 is 36.1 Å². The van der Waals surface area contributed by atoms with Gasteiger partial charge in [-0.3, -0.25) is 0 Å². The highest BCUT2D eigenvalue weighted by atomic mass is 32.2. The number of anilines is 1. The van der Waals surface area contributed by atoms with E-state index in [0.29, 0.717) is 34.7 Å². The third-order valence-electron chi connectivity index (χ3n) is 4.64. The van der Waals surface area contributed by atoms with Crippen molar-refractivity contribution < 1.29 is 20.1 Å². The average Bonchev–Trinajstić information content (AvgIpc) is 3.17. The number of rotatable bonds is 7. The summed E-state index contributed by atoms with van der Waals surface area (Å²) in [7, 11) is -0.206. The summed E-state index contributed by atoms with van der Waals surface area (Å²) in [5.74, 6) is 0.113. The standard InChI is InChI=1S/C16H22N6O4S/c1-27(3-2-9(17)16(25)26)5-8-4-10(13(24)12(8)23)22-7-21-11-14(18)19-6-20-15(11)22/h4,6-7,9-10,12-13,23-24H,2-3,5,17H2,1H3,(H2-,18,19,20,25,26)/t9?,10-,12-,13+,27?/m1/s1. The van der Waals surface area contributed by atoms with Crippen molar-refractivity contribution in [1.29, 1.82) is 0 Å². The molecule has 5 atom stereocenters. The van der Waals surface area contributed by atoms with Crippen molar-refractivity contribution in [3.63, 3.8) is 0 Å². The normalized spacial score (nSPS) is 24.7. The van der Waals surface area contributed by atoms with Crippen LogP contribution >= 0.6 is 0 Å². The topological polar surface area (TPSA) is 176 Å². The lowest BCUT2D eigenvalue weighted by Gasteiger charge is -2.19. The first kappa shape index (κ1) is 19.5. The summed E-state index contributed by atoms with van der Waals surface area (Å²) in [6.07, 6.45) is 4.85. The summed E-state index contributed by atoms with van der Waals surface area (Å²) in [4.78, 5) is 23.0. The van der Waals surface area contributed by atoms with Crippen LogP contribution < -0.4 is 16.6 Å². The van der Waals surface area contributed by atoms with E-state index in [0.717, 1.165) is 0 Å². The van der Waals surface area contributed by atoms with E-state index in [1.165, 1.54) is 12.7 Å². The first-order valence-electron chi connectivity index (χ1n) is 8.35. The van der Waals surface area contributed by atoms with Gasteiger partial charge in [-0.05, 0) is 10.9 Å². The van der Waals surface area contributed by atoms with Crippen LogP contribution in [0.1, 0.15) is 12.5 Å². The zero-order valence-corrected chi connectivity index (χ0v) is 15.5. The number of nitrogens with two attached hydrogens (primary N) is 2. The number of carbonyl (C=O) groups excluding carboxylic acids is 1. The molecule has 146 valence electrons. The zero-order chi connectivity index (χ0) is 19.7. The maximum Gasteiger partial charge on any atom is 0.166 e. The number of hydrogen-bond acceptors (Lipinski definition) is 9. The molecule has 2 aromatic heterocycles. The minimum Gasteiger partial charge on any atom is -0.548 e. The van der Waals surface area contributed by atoms with Gasteiger partial charge in [0.1, 0.15) is 35.6 Å². The Hall–Kier alpha value is -2.21. The van der Waals surface area contributed by atoms with E-state index >= 15 is 0 Å². The molecule has 2 unspecified atom stereocenters. The van der Waals surface area contributed by atoms with Crippen LogP contribution in [-0.2, 0) is 15.7 Å². The number of fused-ring (bicyclic) bond motifs is 1. The second kappa shape index (κ2) is 7.80. The maximum absolute atomic E-state index is 10.7. The Morgan fingerprint density at radius 1 is 1.41 bits per heavy atom. The van der Waals surface area contributed by atoms with Gasteiger partial charge in [0.15, 0.2) is 11.5 Å². The lowest BCUT2D eigenvalue weighted by molar-refractivity contribution is -0.307. The molecule has 0 aromatic carbocycles. The van der Waals surface area contributed by atoms with Crippen molar-refractivity contribution in [3.8, 4) is 0 Å². The van der Waals surface area contributed by atoms with Gasteiger partial charge in [-0.15, -0.1) is 0 Å². The number of carboxylic acid groups (broad SMARTS) is 1. The van der Waals surface area contributed by atoms with E-state index in [2.05, 4.69) is 15.0 Å². The van der Waals surface area contributed by atoms with Crippen molar-refractivity contribution in [1.82, 2.24) is 19.5 Å². The molecule has 11 heteroatoms. The largest absolute Gasteiger partial charge is 0.548 e. The van der Waals surface area contributed by atoms with Crippen LogP contribution in [-0.4, -0.2) is 71.7 Å². The van der Waals surface area contributed by atoms with Gasteiger partial charge in [-0.2, -0.15) is 0 Å². The van der Waals surface area contributed by atoms with Crippen molar-refractivity contribution in [2.75, 3.05) is 23.5 Å². The van der Waals surface area contributed by atoms with E-state index < -0.39 is 30.3 Å². The number of aliphatic hydroxyl groups excluding tert-OH is 2. The molecule has 10 nitrogen and oxygen atoms in total. The van der Waals surface area contributed by atoms with Gasteiger partial charge in [0.2, 0.25) is 0 Å². The average molecular weight is 394 g/mol. The number of nitrogens with zero attached hydrogens (tertiary/aromatic N) is 4. The second-order valence-electron chi connectivity index (χ2n) is 6.59. The lowest BCUT2D eigenvalue weighted by Crippen LogP contribution is -2.43. The quantitative estimate of drug-likeness (QED) is 0.288. The molecule has 1 aliphatic carbocycles. The van der Waals surface area contributed by atoms with Crippen molar-refractivity contribution in [2.45, 2.75) is 30.7 Å². The molecule has 1 aliphatic rings. The Balaban J connectivity index is 1.75. The molecule has 0 saturated heterocycles. The van der Waals surface area contributed by atoms with Gasteiger partial charge in [0, 0.05) is 18.0 Å². The Labute approximate surface area is 158 Å². The van der Waals surface area contributed by atoms with E-state index in [-0.39, 0.29) is 16.7 Å². The third kappa shape index (κ3) is 3.90. The highest BCUT2D eigenvalue weighted by Crippen LogP contribution is 2.32. The minimum atomic E-state index is -1.27. The molecule has 0 spiro atoms. The SMILES string of the molecule is C[S+](CCC(N)C(=O)[O-])CC1=C[C@@H](n2cnc3c(N)ncnc32)[C@H](O)[C@@H]1O. The van der Waals surface area contributed by atoms with Crippen LogP contribution in [0.4, 0.5) is 5.82 Å². The van der Waals surface area contributed by atoms with Crippen LogP contribution in [0.15, 0.2) is 24.3 Å². The first-order chi connectivity index (χ1) is 12.8. The van der Waals surface area contributed by atoms with Crippen molar-refractivity contribution in [3.05, 3.63) is 24.3 Å². The number of nitrogen functional groups attached to an aromatic ring is 1. The molecule has 0 amide bonds. The molecule has 2 aromatic rings. The second-order valence-corrected chi connectivity index (χ2v) is 8.85. The fourth-order valence-electron chi connectivity index (χ4n) is 3.09. The monoisotopic (exact) mass is 394 g/mol. The summed E-state index contributed by atoms with van der Waals surface area (Å²) in [6.45, 7) is 0. The molecule has 0 saturated carbocycles. The van der Waals surface area contributed by atoms with Crippen LogP contribution in [0.3, 0.4) is 0 Å². The minimum absolute atomic E-state index is 0.206. The summed E-state index contributed by atoms with van der Waals surface area (Å²) in [5, 5.41) is 31.6. The Kier molecular flexibility index (Phi) is 5.65. The number of aromatic nitrogens is 4. The van der Waals surface area contributed by atoms with Gasteiger partial charge >= 0.3 is 0 Å². The summed E-state index contributed by atoms with van der Waals surface area (Å²) < 4.78 is 1.66. The van der Waals surface area contributed by atoms with Crippen LogP contribution in [0, 0.1) is 0 Å².